The zero-order chi connectivity index (χ0) is 16.9. The molecule has 1 N–H and O–H groups in total. The average molecular weight is 329 g/mol. The number of hydrogen-bond donors (Lipinski definition) is 1. The fourth-order valence-electron chi connectivity index (χ4n) is 4.08. The molecule has 24 heavy (non-hydrogen) atoms. The van der Waals surface area contributed by atoms with Crippen LogP contribution >= 0.6 is 0 Å². The summed E-state index contributed by atoms with van der Waals surface area (Å²) in [4.78, 5) is 17.1. The lowest BCUT2D eigenvalue weighted by molar-refractivity contribution is 0.142. The molecule has 3 rings (SSSR count). The summed E-state index contributed by atoms with van der Waals surface area (Å²) in [5, 5.41) is 3.07. The van der Waals surface area contributed by atoms with E-state index in [1.165, 1.54) is 50.0 Å². The van der Waals surface area contributed by atoms with E-state index in [9.17, 15) is 4.79 Å². The lowest BCUT2D eigenvalue weighted by atomic mass is 9.95. The standard InChI is InChI=1S/C20H31N3O/c1-16-12-17(2)14-19(13-16)21-20(24)23-10-6-18(7-11-23)15-22-8-4-3-5-9-22/h12-14,18H,3-11,15H2,1-2H3,(H,21,24). The molecule has 4 heteroatoms. The Bertz CT molecular complexity index is 538. The molecule has 2 amide bonds. The first kappa shape index (κ1) is 17.3. The lowest BCUT2D eigenvalue weighted by Crippen LogP contribution is -2.44. The van der Waals surface area contributed by atoms with Crippen LogP contribution < -0.4 is 5.32 Å². The molecule has 0 aromatic heterocycles. The monoisotopic (exact) mass is 329 g/mol. The van der Waals surface area contributed by atoms with Crippen LogP contribution in [0.25, 0.3) is 0 Å². The molecular formula is C20H31N3O. The number of hydrogen-bond acceptors (Lipinski definition) is 2. The quantitative estimate of drug-likeness (QED) is 0.908. The zero-order valence-corrected chi connectivity index (χ0v) is 15.2. The molecule has 0 atom stereocenters. The normalized spacial score (nSPS) is 20.2. The van der Waals surface area contributed by atoms with Crippen molar-refractivity contribution in [1.82, 2.24) is 9.80 Å². The van der Waals surface area contributed by atoms with Crippen molar-refractivity contribution in [1.29, 1.82) is 0 Å². The van der Waals surface area contributed by atoms with Crippen LogP contribution in [-0.2, 0) is 0 Å². The zero-order valence-electron chi connectivity index (χ0n) is 15.2. The van der Waals surface area contributed by atoms with Crippen molar-refractivity contribution < 1.29 is 4.79 Å². The molecule has 2 heterocycles. The molecule has 0 unspecified atom stereocenters. The molecule has 2 saturated heterocycles. The number of piperidine rings is 2. The van der Waals surface area contributed by atoms with Gasteiger partial charge in [0, 0.05) is 25.3 Å². The molecule has 1 aromatic rings. The van der Waals surface area contributed by atoms with Crippen LogP contribution in [0.1, 0.15) is 43.2 Å². The molecule has 2 fully saturated rings. The van der Waals surface area contributed by atoms with Gasteiger partial charge in [0.25, 0.3) is 0 Å². The number of aryl methyl sites for hydroxylation is 2. The lowest BCUT2D eigenvalue weighted by Gasteiger charge is -2.36. The Balaban J connectivity index is 1.46. The second-order valence-corrected chi connectivity index (χ2v) is 7.60. The van der Waals surface area contributed by atoms with Gasteiger partial charge in [-0.05, 0) is 81.8 Å². The molecule has 2 aliphatic heterocycles. The number of nitrogens with zero attached hydrogens (tertiary/aromatic N) is 2. The molecule has 1 aromatic carbocycles. The van der Waals surface area contributed by atoms with Gasteiger partial charge in [-0.25, -0.2) is 4.79 Å². The van der Waals surface area contributed by atoms with Gasteiger partial charge in [-0.2, -0.15) is 0 Å². The van der Waals surface area contributed by atoms with Gasteiger partial charge in [-0.15, -0.1) is 0 Å². The summed E-state index contributed by atoms with van der Waals surface area (Å²) in [6.07, 6.45) is 6.38. The molecule has 0 spiro atoms. The van der Waals surface area contributed by atoms with Crippen molar-refractivity contribution >= 4 is 11.7 Å². The maximum absolute atomic E-state index is 12.5. The number of carbonyl (C=O) groups is 1. The number of nitrogens with one attached hydrogen (secondary N) is 1. The highest BCUT2D eigenvalue weighted by molar-refractivity contribution is 5.89. The summed E-state index contributed by atoms with van der Waals surface area (Å²) in [6, 6.07) is 6.25. The molecule has 0 bridgehead atoms. The molecular weight excluding hydrogens is 298 g/mol. The second-order valence-electron chi connectivity index (χ2n) is 7.60. The van der Waals surface area contributed by atoms with Crippen molar-refractivity contribution in [3.8, 4) is 0 Å². The summed E-state index contributed by atoms with van der Waals surface area (Å²) in [7, 11) is 0. The molecule has 0 aliphatic carbocycles. The van der Waals surface area contributed by atoms with Crippen LogP contribution in [0.5, 0.6) is 0 Å². The van der Waals surface area contributed by atoms with Gasteiger partial charge in [0.1, 0.15) is 0 Å². The first-order valence-corrected chi connectivity index (χ1v) is 9.47. The van der Waals surface area contributed by atoms with Crippen molar-refractivity contribution in [2.45, 2.75) is 46.0 Å². The fraction of sp³-hybridized carbons (Fsp3) is 0.650. The number of amides is 2. The van der Waals surface area contributed by atoms with Crippen molar-refractivity contribution in [2.24, 2.45) is 5.92 Å². The van der Waals surface area contributed by atoms with Crippen molar-refractivity contribution in [3.63, 3.8) is 0 Å². The van der Waals surface area contributed by atoms with Crippen LogP contribution in [0.15, 0.2) is 18.2 Å². The summed E-state index contributed by atoms with van der Waals surface area (Å²) in [6.45, 7) is 9.67. The first-order chi connectivity index (χ1) is 11.6. The van der Waals surface area contributed by atoms with E-state index in [-0.39, 0.29) is 6.03 Å². The van der Waals surface area contributed by atoms with E-state index in [0.29, 0.717) is 0 Å². The van der Waals surface area contributed by atoms with Crippen molar-refractivity contribution in [2.75, 3.05) is 38.0 Å². The van der Waals surface area contributed by atoms with E-state index >= 15 is 0 Å². The second kappa shape index (κ2) is 8.02. The highest BCUT2D eigenvalue weighted by atomic mass is 16.2. The predicted octanol–water partition coefficient (Wildman–Crippen LogP) is 4.03. The van der Waals surface area contributed by atoms with Crippen LogP contribution in [-0.4, -0.2) is 48.6 Å². The smallest absolute Gasteiger partial charge is 0.321 e. The first-order valence-electron chi connectivity index (χ1n) is 9.47. The topological polar surface area (TPSA) is 35.6 Å². The molecule has 0 radical (unpaired) electrons. The predicted molar refractivity (Wildman–Crippen MR) is 99.5 cm³/mol. The molecule has 132 valence electrons. The van der Waals surface area contributed by atoms with Gasteiger partial charge >= 0.3 is 6.03 Å². The van der Waals surface area contributed by atoms with Crippen LogP contribution in [0.4, 0.5) is 10.5 Å². The highest BCUT2D eigenvalue weighted by Gasteiger charge is 2.24. The Morgan fingerprint density at radius 2 is 1.62 bits per heavy atom. The van der Waals surface area contributed by atoms with Gasteiger partial charge in [0.05, 0.1) is 0 Å². The maximum atomic E-state index is 12.5. The Hall–Kier alpha value is -1.55. The SMILES string of the molecule is Cc1cc(C)cc(NC(=O)N2CCC(CN3CCCCC3)CC2)c1. The van der Waals surface area contributed by atoms with Crippen molar-refractivity contribution in [3.05, 3.63) is 29.3 Å². The summed E-state index contributed by atoms with van der Waals surface area (Å²) < 4.78 is 0. The third-order valence-electron chi connectivity index (χ3n) is 5.34. The van der Waals surface area contributed by atoms with E-state index in [2.05, 4.69) is 30.1 Å². The van der Waals surface area contributed by atoms with E-state index in [0.717, 1.165) is 37.5 Å². The largest absolute Gasteiger partial charge is 0.325 e. The maximum Gasteiger partial charge on any atom is 0.321 e. The van der Waals surface area contributed by atoms with E-state index in [1.54, 1.807) is 0 Å². The molecule has 2 aliphatic rings. The number of rotatable bonds is 3. The Labute approximate surface area is 146 Å². The fourth-order valence-corrected chi connectivity index (χ4v) is 4.08. The average Bonchev–Trinajstić information content (AvgIpc) is 2.55. The van der Waals surface area contributed by atoms with Gasteiger partial charge in [0.15, 0.2) is 0 Å². The summed E-state index contributed by atoms with van der Waals surface area (Å²) >= 11 is 0. The molecule has 0 saturated carbocycles. The number of urea groups is 1. The van der Waals surface area contributed by atoms with Crippen LogP contribution in [0, 0.1) is 19.8 Å². The van der Waals surface area contributed by atoms with Crippen LogP contribution in [0.2, 0.25) is 0 Å². The Morgan fingerprint density at radius 3 is 2.25 bits per heavy atom. The van der Waals surface area contributed by atoms with E-state index in [4.69, 9.17) is 0 Å². The van der Waals surface area contributed by atoms with Gasteiger partial charge in [-0.3, -0.25) is 0 Å². The number of anilines is 1. The number of carbonyl (C=O) groups excluding carboxylic acids is 1. The summed E-state index contributed by atoms with van der Waals surface area (Å²) in [5.41, 5.74) is 3.28. The Kier molecular flexibility index (Phi) is 5.77. The highest BCUT2D eigenvalue weighted by Crippen LogP contribution is 2.21. The number of benzene rings is 1. The minimum atomic E-state index is 0.0522. The van der Waals surface area contributed by atoms with Gasteiger partial charge < -0.3 is 15.1 Å². The minimum Gasteiger partial charge on any atom is -0.325 e. The van der Waals surface area contributed by atoms with Gasteiger partial charge in [0.2, 0.25) is 0 Å². The van der Waals surface area contributed by atoms with Crippen LogP contribution in [0.3, 0.4) is 0 Å². The Morgan fingerprint density at radius 1 is 1.00 bits per heavy atom. The minimum absolute atomic E-state index is 0.0522. The molecule has 4 nitrogen and oxygen atoms in total. The van der Waals surface area contributed by atoms with Gasteiger partial charge in [-0.1, -0.05) is 12.5 Å². The third-order valence-corrected chi connectivity index (χ3v) is 5.34. The van der Waals surface area contributed by atoms with E-state index in [1.807, 2.05) is 17.0 Å². The van der Waals surface area contributed by atoms with E-state index < -0.39 is 0 Å². The number of likely N-dealkylation sites (tertiary alicyclic amines) is 2. The third kappa shape index (κ3) is 4.73. The summed E-state index contributed by atoms with van der Waals surface area (Å²) in [5.74, 6) is 0.758.